The van der Waals surface area contributed by atoms with Crippen molar-refractivity contribution in [3.8, 4) is 0 Å². The number of ether oxygens (including phenoxy) is 1. The Labute approximate surface area is 191 Å². The largest absolute Gasteiger partial charge is 0.466 e. The minimum atomic E-state index is -0.566. The Bertz CT molecular complexity index is 1310. The first kappa shape index (κ1) is 20.7. The zero-order valence-corrected chi connectivity index (χ0v) is 19.4. The molecule has 1 aliphatic heterocycles. The van der Waals surface area contributed by atoms with Gasteiger partial charge >= 0.3 is 5.97 Å². The first-order valence-corrected chi connectivity index (χ1v) is 11.4. The number of rotatable bonds is 4. The summed E-state index contributed by atoms with van der Waals surface area (Å²) >= 11 is 3.59. The topological polar surface area (TPSA) is 60.7 Å². The molecule has 0 bridgehead atoms. The van der Waals surface area contributed by atoms with Crippen molar-refractivity contribution < 1.29 is 9.53 Å². The van der Waals surface area contributed by atoms with Gasteiger partial charge < -0.3 is 4.74 Å². The van der Waals surface area contributed by atoms with E-state index in [1.54, 1.807) is 4.57 Å². The number of methoxy groups -OCH3 is 1. The molecule has 2 heterocycles. The van der Waals surface area contributed by atoms with Gasteiger partial charge in [-0.1, -0.05) is 60.7 Å². The van der Waals surface area contributed by atoms with Gasteiger partial charge in [-0.3, -0.25) is 9.36 Å². The Morgan fingerprint density at radius 2 is 1.90 bits per heavy atom. The summed E-state index contributed by atoms with van der Waals surface area (Å²) in [6.45, 7) is 1.95. The minimum Gasteiger partial charge on any atom is -0.466 e. The normalized spacial score (nSPS) is 16.2. The molecule has 4 rings (SSSR count). The van der Waals surface area contributed by atoms with E-state index in [9.17, 15) is 9.59 Å². The van der Waals surface area contributed by atoms with Crippen molar-refractivity contribution in [3.05, 3.63) is 100 Å². The zero-order chi connectivity index (χ0) is 21.3. The number of carbonyl (C=O) groups is 1. The Balaban J connectivity index is 1.99. The second kappa shape index (κ2) is 8.69. The van der Waals surface area contributed by atoms with Gasteiger partial charge in [0.05, 0.1) is 29.0 Å². The van der Waals surface area contributed by atoms with E-state index in [0.717, 1.165) is 14.7 Å². The SMILES string of the molecule is CCC1=C(C(=O)OC)[C@H](c2ccccc2)n2c(s/c(=C\c3ccc(I)cc3)c2=O)=N1. The molecule has 0 N–H and O–H groups in total. The highest BCUT2D eigenvalue weighted by Crippen LogP contribution is 2.31. The summed E-state index contributed by atoms with van der Waals surface area (Å²) in [6, 6.07) is 16.9. The molecule has 7 heteroatoms. The maximum Gasteiger partial charge on any atom is 0.338 e. The number of halogens is 1. The first-order chi connectivity index (χ1) is 14.5. The smallest absolute Gasteiger partial charge is 0.338 e. The molecule has 0 fully saturated rings. The molecule has 0 amide bonds. The van der Waals surface area contributed by atoms with Gasteiger partial charge in [0, 0.05) is 3.57 Å². The van der Waals surface area contributed by atoms with Crippen LogP contribution in [0.25, 0.3) is 6.08 Å². The van der Waals surface area contributed by atoms with E-state index in [-0.39, 0.29) is 5.56 Å². The van der Waals surface area contributed by atoms with Crippen molar-refractivity contribution >= 4 is 46.0 Å². The average molecular weight is 530 g/mol. The van der Waals surface area contributed by atoms with Crippen molar-refractivity contribution in [1.29, 1.82) is 0 Å². The number of aromatic nitrogens is 1. The van der Waals surface area contributed by atoms with E-state index in [0.29, 0.717) is 27.0 Å². The average Bonchev–Trinajstić information content (AvgIpc) is 3.08. The van der Waals surface area contributed by atoms with Crippen molar-refractivity contribution in [1.82, 2.24) is 4.57 Å². The van der Waals surface area contributed by atoms with Crippen molar-refractivity contribution in [2.45, 2.75) is 19.4 Å². The van der Waals surface area contributed by atoms with Crippen LogP contribution in [0, 0.1) is 3.57 Å². The number of esters is 1. The molecule has 1 aromatic heterocycles. The van der Waals surface area contributed by atoms with Crippen molar-refractivity contribution in [3.63, 3.8) is 0 Å². The number of fused-ring (bicyclic) bond motifs is 1. The molecular weight excluding hydrogens is 511 g/mol. The Morgan fingerprint density at radius 3 is 2.53 bits per heavy atom. The van der Waals surface area contributed by atoms with Gasteiger partial charge in [-0.05, 0) is 58.3 Å². The predicted molar refractivity (Wildman–Crippen MR) is 126 cm³/mol. The van der Waals surface area contributed by atoms with Gasteiger partial charge in [-0.15, -0.1) is 0 Å². The molecule has 0 radical (unpaired) electrons. The highest BCUT2D eigenvalue weighted by atomic mass is 127. The van der Waals surface area contributed by atoms with E-state index >= 15 is 0 Å². The molecular formula is C23H19IN2O3S. The number of benzene rings is 2. The van der Waals surface area contributed by atoms with Gasteiger partial charge in [0.2, 0.25) is 0 Å². The van der Waals surface area contributed by atoms with E-state index < -0.39 is 12.0 Å². The van der Waals surface area contributed by atoms with Crippen LogP contribution in [-0.4, -0.2) is 17.6 Å². The molecule has 1 aliphatic rings. The third kappa shape index (κ3) is 3.79. The fraction of sp³-hybridized carbons (Fsp3) is 0.174. The maximum absolute atomic E-state index is 13.4. The molecule has 0 saturated carbocycles. The summed E-state index contributed by atoms with van der Waals surface area (Å²) in [4.78, 5) is 31.4. The lowest BCUT2D eigenvalue weighted by Crippen LogP contribution is -2.40. The lowest BCUT2D eigenvalue weighted by Gasteiger charge is -2.25. The second-order valence-corrected chi connectivity index (χ2v) is 9.01. The molecule has 3 aromatic rings. The van der Waals surface area contributed by atoms with Crippen molar-refractivity contribution in [2.75, 3.05) is 7.11 Å². The fourth-order valence-corrected chi connectivity index (χ4v) is 4.90. The lowest BCUT2D eigenvalue weighted by molar-refractivity contribution is -0.136. The summed E-state index contributed by atoms with van der Waals surface area (Å²) in [5, 5.41) is 0. The standard InChI is InChI=1S/C23H19IN2O3S/c1-3-17-19(22(28)29-2)20(15-7-5-4-6-8-15)26-21(27)18(30-23(26)25-17)13-14-9-11-16(24)12-10-14/h4-13,20H,3H2,1-2H3/b18-13-/t20-/m0/s1. The molecule has 5 nitrogen and oxygen atoms in total. The van der Waals surface area contributed by atoms with E-state index in [1.165, 1.54) is 18.4 Å². The summed E-state index contributed by atoms with van der Waals surface area (Å²) < 4.78 is 8.39. The Kier molecular flexibility index (Phi) is 6.01. The van der Waals surface area contributed by atoms with Crippen molar-refractivity contribution in [2.24, 2.45) is 4.99 Å². The van der Waals surface area contributed by atoms with E-state index in [2.05, 4.69) is 27.6 Å². The monoisotopic (exact) mass is 530 g/mol. The van der Waals surface area contributed by atoms with Crippen LogP contribution in [0.5, 0.6) is 0 Å². The molecule has 0 aliphatic carbocycles. The molecule has 0 saturated heterocycles. The van der Waals surface area contributed by atoms with Crippen LogP contribution in [0.4, 0.5) is 0 Å². The minimum absolute atomic E-state index is 0.164. The Morgan fingerprint density at radius 1 is 1.20 bits per heavy atom. The molecule has 152 valence electrons. The molecule has 0 unspecified atom stereocenters. The highest BCUT2D eigenvalue weighted by Gasteiger charge is 2.33. The number of hydrogen-bond donors (Lipinski definition) is 0. The first-order valence-electron chi connectivity index (χ1n) is 9.47. The van der Waals surface area contributed by atoms with Gasteiger partial charge in [-0.2, -0.15) is 0 Å². The quantitative estimate of drug-likeness (QED) is 0.384. The van der Waals surface area contributed by atoms with Crippen LogP contribution in [0.1, 0.15) is 30.5 Å². The number of carbonyl (C=O) groups excluding carboxylic acids is 1. The summed E-state index contributed by atoms with van der Waals surface area (Å²) in [5.74, 6) is -0.462. The maximum atomic E-state index is 13.4. The number of thiazole rings is 1. The van der Waals surface area contributed by atoms with Crippen LogP contribution in [0.3, 0.4) is 0 Å². The molecule has 30 heavy (non-hydrogen) atoms. The third-order valence-electron chi connectivity index (χ3n) is 4.93. The van der Waals surface area contributed by atoms with E-state index in [4.69, 9.17) is 4.74 Å². The molecule has 2 aromatic carbocycles. The summed E-state index contributed by atoms with van der Waals surface area (Å²) in [7, 11) is 1.35. The summed E-state index contributed by atoms with van der Waals surface area (Å²) in [6.07, 6.45) is 2.44. The number of allylic oxidation sites excluding steroid dienone is 1. The van der Waals surface area contributed by atoms with E-state index in [1.807, 2.05) is 67.6 Å². The van der Waals surface area contributed by atoms with Crippen LogP contribution < -0.4 is 14.9 Å². The van der Waals surface area contributed by atoms with Crippen LogP contribution in [-0.2, 0) is 9.53 Å². The van der Waals surface area contributed by atoms with Gasteiger partial charge in [0.1, 0.15) is 0 Å². The highest BCUT2D eigenvalue weighted by molar-refractivity contribution is 14.1. The third-order valence-corrected chi connectivity index (χ3v) is 6.64. The fourth-order valence-electron chi connectivity index (χ4n) is 3.53. The van der Waals surface area contributed by atoms with Gasteiger partial charge in [0.15, 0.2) is 4.80 Å². The zero-order valence-electron chi connectivity index (χ0n) is 16.5. The predicted octanol–water partition coefficient (Wildman–Crippen LogP) is 3.40. The van der Waals surface area contributed by atoms with Crippen LogP contribution in [0.2, 0.25) is 0 Å². The van der Waals surface area contributed by atoms with Crippen LogP contribution >= 0.6 is 33.9 Å². The Hall–Kier alpha value is -2.52. The summed E-state index contributed by atoms with van der Waals surface area (Å²) in [5.41, 5.74) is 2.69. The number of nitrogens with zero attached hydrogens (tertiary/aromatic N) is 2. The number of hydrogen-bond acceptors (Lipinski definition) is 5. The van der Waals surface area contributed by atoms with Gasteiger partial charge in [0.25, 0.3) is 5.56 Å². The van der Waals surface area contributed by atoms with Crippen LogP contribution in [0.15, 0.2) is 75.7 Å². The lowest BCUT2D eigenvalue weighted by atomic mass is 9.95. The molecule has 1 atom stereocenters. The second-order valence-electron chi connectivity index (χ2n) is 6.75. The van der Waals surface area contributed by atoms with Gasteiger partial charge in [-0.25, -0.2) is 9.79 Å². The molecule has 0 spiro atoms.